The summed E-state index contributed by atoms with van der Waals surface area (Å²) < 4.78 is 5.50. The van der Waals surface area contributed by atoms with E-state index >= 15 is 0 Å². The van der Waals surface area contributed by atoms with Crippen LogP contribution in [-0.2, 0) is 0 Å². The molecular weight excluding hydrogens is 371 g/mol. The maximum absolute atomic E-state index is 12.4. The number of anilines is 2. The van der Waals surface area contributed by atoms with Crippen molar-refractivity contribution in [2.75, 3.05) is 11.5 Å². The zero-order valence-corrected chi connectivity index (χ0v) is 17.6. The summed E-state index contributed by atoms with van der Waals surface area (Å²) in [7, 11) is 6.07. The molecule has 0 aromatic heterocycles. The summed E-state index contributed by atoms with van der Waals surface area (Å²) in [5.74, 6) is 2.88. The minimum Gasteiger partial charge on any atom is -0.423 e. The highest BCUT2D eigenvalue weighted by Crippen LogP contribution is 2.44. The van der Waals surface area contributed by atoms with Crippen molar-refractivity contribution in [3.8, 4) is 5.75 Å². The molecule has 4 N–H and O–H groups in total. The molecule has 156 valence electrons. The highest BCUT2D eigenvalue weighted by Gasteiger charge is 2.30. The minimum absolute atomic E-state index is 0.360. The van der Waals surface area contributed by atoms with Crippen molar-refractivity contribution in [2.24, 2.45) is 11.8 Å². The van der Waals surface area contributed by atoms with Crippen LogP contribution in [0.25, 0.3) is 0 Å². The largest absolute Gasteiger partial charge is 0.423 e. The molecule has 0 heterocycles. The number of carbonyl (C=O) groups excluding carboxylic acids is 1. The summed E-state index contributed by atoms with van der Waals surface area (Å²) in [6.45, 7) is 0. The number of ether oxygens (including phenoxy) is 1. The molecule has 0 unspecified atom stereocenters. The number of nitrogens with two attached hydrogens (primary N) is 2. The van der Waals surface area contributed by atoms with Gasteiger partial charge in [-0.25, -0.2) is 4.79 Å². The van der Waals surface area contributed by atoms with Gasteiger partial charge in [0.2, 0.25) is 0 Å². The second kappa shape index (κ2) is 9.15. The molecule has 2 aliphatic rings. The van der Waals surface area contributed by atoms with Crippen LogP contribution < -0.4 is 16.2 Å². The first-order chi connectivity index (χ1) is 14.5. The number of carbonyl (C=O) groups is 1. The monoisotopic (exact) mass is 402 g/mol. The van der Waals surface area contributed by atoms with Gasteiger partial charge in [-0.15, -0.1) is 0 Å². The number of benzene rings is 2. The van der Waals surface area contributed by atoms with Crippen LogP contribution in [0.5, 0.6) is 5.75 Å². The van der Waals surface area contributed by atoms with E-state index in [0.717, 1.165) is 11.8 Å². The van der Waals surface area contributed by atoms with Gasteiger partial charge in [0.15, 0.2) is 0 Å². The average Bonchev–Trinajstić information content (AvgIpc) is 2.74. The van der Waals surface area contributed by atoms with Crippen LogP contribution in [0, 0.1) is 11.8 Å². The average molecular weight is 402 g/mol. The van der Waals surface area contributed by atoms with Crippen LogP contribution in [0.3, 0.4) is 0 Å². The van der Waals surface area contributed by atoms with Gasteiger partial charge in [0.25, 0.3) is 0 Å². The standard InChI is InChI=1S/C25H31BN2O2/c26-21-9-5-18(6-10-21)16-1-3-17(4-2-16)19-7-11-24(12-8-19)30-25(29)20-13-22(27)15-23(28)14-20/h7-8,11-18,21H,1-6,9-10,27-28H2. The molecule has 30 heavy (non-hydrogen) atoms. The lowest BCUT2D eigenvalue weighted by Gasteiger charge is -2.37. The second-order valence-electron chi connectivity index (χ2n) is 9.13. The molecule has 0 aliphatic heterocycles. The molecule has 2 saturated carbocycles. The van der Waals surface area contributed by atoms with Gasteiger partial charge in [0.1, 0.15) is 5.75 Å². The summed E-state index contributed by atoms with van der Waals surface area (Å²) in [5.41, 5.74) is 14.1. The molecule has 5 heteroatoms. The Morgan fingerprint density at radius 1 is 0.800 bits per heavy atom. The van der Waals surface area contributed by atoms with Crippen molar-refractivity contribution in [1.29, 1.82) is 0 Å². The molecule has 0 spiro atoms. The van der Waals surface area contributed by atoms with Crippen molar-refractivity contribution in [1.82, 2.24) is 0 Å². The molecular formula is C25H31BN2O2. The van der Waals surface area contributed by atoms with Gasteiger partial charge >= 0.3 is 5.97 Å². The van der Waals surface area contributed by atoms with Gasteiger partial charge in [0, 0.05) is 11.4 Å². The fourth-order valence-electron chi connectivity index (χ4n) is 5.31. The SMILES string of the molecule is [B]C1CCC(C2CCC(c3ccc(OC(=O)c4cc(N)cc(N)c4)cc3)CC2)CC1. The third-order valence-corrected chi connectivity index (χ3v) is 7.03. The Labute approximate surface area is 180 Å². The summed E-state index contributed by atoms with van der Waals surface area (Å²) in [4.78, 5) is 12.4. The van der Waals surface area contributed by atoms with E-state index in [-0.39, 0.29) is 0 Å². The van der Waals surface area contributed by atoms with Gasteiger partial charge in [-0.2, -0.15) is 0 Å². The Hall–Kier alpha value is -2.43. The van der Waals surface area contributed by atoms with Gasteiger partial charge < -0.3 is 16.2 Å². The van der Waals surface area contributed by atoms with Crippen molar-refractivity contribution in [3.63, 3.8) is 0 Å². The molecule has 2 radical (unpaired) electrons. The molecule has 0 atom stereocenters. The first kappa shape index (κ1) is 20.8. The fraction of sp³-hybridized carbons (Fsp3) is 0.480. The van der Waals surface area contributed by atoms with Crippen LogP contribution in [0.2, 0.25) is 5.82 Å². The predicted octanol–water partition coefficient (Wildman–Crippen LogP) is 5.49. The van der Waals surface area contributed by atoms with Gasteiger partial charge in [-0.1, -0.05) is 43.6 Å². The normalized spacial score (nSPS) is 26.8. The van der Waals surface area contributed by atoms with E-state index in [0.29, 0.717) is 34.4 Å². The first-order valence-corrected chi connectivity index (χ1v) is 11.2. The maximum Gasteiger partial charge on any atom is 0.343 e. The van der Waals surface area contributed by atoms with Crippen LogP contribution in [0.1, 0.15) is 73.2 Å². The van der Waals surface area contributed by atoms with E-state index in [1.54, 1.807) is 18.2 Å². The Morgan fingerprint density at radius 3 is 1.90 bits per heavy atom. The number of hydrogen-bond donors (Lipinski definition) is 2. The van der Waals surface area contributed by atoms with E-state index in [1.807, 2.05) is 12.1 Å². The number of hydrogen-bond acceptors (Lipinski definition) is 4. The third kappa shape index (κ3) is 5.00. The Kier molecular flexibility index (Phi) is 6.36. The molecule has 2 fully saturated rings. The minimum atomic E-state index is -0.450. The summed E-state index contributed by atoms with van der Waals surface area (Å²) in [6, 6.07) is 12.7. The Bertz CT molecular complexity index is 847. The van der Waals surface area contributed by atoms with E-state index in [1.165, 1.54) is 56.9 Å². The second-order valence-corrected chi connectivity index (χ2v) is 9.13. The van der Waals surface area contributed by atoms with Crippen molar-refractivity contribution < 1.29 is 9.53 Å². The van der Waals surface area contributed by atoms with E-state index in [2.05, 4.69) is 12.1 Å². The molecule has 4 rings (SSSR count). The van der Waals surface area contributed by atoms with Crippen LogP contribution in [-0.4, -0.2) is 13.8 Å². The predicted molar refractivity (Wildman–Crippen MR) is 123 cm³/mol. The van der Waals surface area contributed by atoms with Gasteiger partial charge in [0.05, 0.1) is 13.4 Å². The summed E-state index contributed by atoms with van der Waals surface area (Å²) in [5, 5.41) is 0. The van der Waals surface area contributed by atoms with Crippen LogP contribution in [0.15, 0.2) is 42.5 Å². The fourth-order valence-corrected chi connectivity index (χ4v) is 5.31. The zero-order chi connectivity index (χ0) is 21.1. The van der Waals surface area contributed by atoms with Crippen molar-refractivity contribution >= 4 is 25.2 Å². The Balaban J connectivity index is 1.31. The molecule has 2 aromatic rings. The highest BCUT2D eigenvalue weighted by molar-refractivity contribution is 6.11. The van der Waals surface area contributed by atoms with E-state index in [9.17, 15) is 4.79 Å². The van der Waals surface area contributed by atoms with E-state index < -0.39 is 5.97 Å². The highest BCUT2D eigenvalue weighted by atomic mass is 16.5. The maximum atomic E-state index is 12.4. The number of esters is 1. The smallest absolute Gasteiger partial charge is 0.343 e. The third-order valence-electron chi connectivity index (χ3n) is 7.03. The molecule has 0 saturated heterocycles. The Morgan fingerprint density at radius 2 is 1.33 bits per heavy atom. The quantitative estimate of drug-likeness (QED) is 0.307. The van der Waals surface area contributed by atoms with E-state index in [4.69, 9.17) is 24.1 Å². The topological polar surface area (TPSA) is 78.3 Å². The lowest BCUT2D eigenvalue weighted by atomic mass is 9.65. The first-order valence-electron chi connectivity index (χ1n) is 11.2. The van der Waals surface area contributed by atoms with Crippen LogP contribution >= 0.6 is 0 Å². The molecule has 2 aliphatic carbocycles. The number of rotatable bonds is 4. The van der Waals surface area contributed by atoms with Gasteiger partial charge in [-0.05, 0) is 79.3 Å². The molecule has 4 nitrogen and oxygen atoms in total. The van der Waals surface area contributed by atoms with Crippen molar-refractivity contribution in [2.45, 2.75) is 63.1 Å². The van der Waals surface area contributed by atoms with Crippen molar-refractivity contribution in [3.05, 3.63) is 53.6 Å². The lowest BCUT2D eigenvalue weighted by molar-refractivity contribution is 0.0735. The number of nitrogen functional groups attached to an aromatic ring is 2. The zero-order valence-electron chi connectivity index (χ0n) is 17.6. The lowest BCUT2D eigenvalue weighted by Crippen LogP contribution is -2.24. The molecule has 2 aromatic carbocycles. The summed E-state index contributed by atoms with van der Waals surface area (Å²) >= 11 is 0. The van der Waals surface area contributed by atoms with Gasteiger partial charge in [-0.3, -0.25) is 0 Å². The summed E-state index contributed by atoms with van der Waals surface area (Å²) in [6.07, 6.45) is 10.2. The van der Waals surface area contributed by atoms with Crippen LogP contribution in [0.4, 0.5) is 11.4 Å². The molecule has 0 bridgehead atoms. The molecule has 0 amide bonds.